The van der Waals surface area contributed by atoms with Gasteiger partial charge in [-0.25, -0.2) is 4.79 Å². The van der Waals surface area contributed by atoms with E-state index in [1.54, 1.807) is 0 Å². The fraction of sp³-hybridized carbons (Fsp3) is 0.750. The van der Waals surface area contributed by atoms with Crippen LogP contribution in [0.5, 0.6) is 0 Å². The summed E-state index contributed by atoms with van der Waals surface area (Å²) in [6.07, 6.45) is 0.480. The minimum atomic E-state index is -1.40. The molecule has 0 aromatic rings. The lowest BCUT2D eigenvalue weighted by atomic mass is 10.7. The summed E-state index contributed by atoms with van der Waals surface area (Å²) in [5.74, 6) is 0. The average molecular weight is 103 g/mol. The fourth-order valence-corrected chi connectivity index (χ4v) is 0.388. The molecular formula is C4H6FNO. The molecule has 0 saturated heterocycles. The number of halogens is 1. The largest absolute Gasteiger partial charge is 0.397 e. The van der Waals surface area contributed by atoms with Crippen LogP contribution < -0.4 is 5.32 Å². The van der Waals surface area contributed by atoms with Crippen molar-refractivity contribution < 1.29 is 9.18 Å². The Balaban J connectivity index is 2.08. The molecule has 0 radical (unpaired) electrons. The van der Waals surface area contributed by atoms with Crippen LogP contribution >= 0.6 is 0 Å². The van der Waals surface area contributed by atoms with Crippen LogP contribution in [0.15, 0.2) is 0 Å². The van der Waals surface area contributed by atoms with E-state index in [2.05, 4.69) is 5.32 Å². The highest BCUT2D eigenvalue weighted by atomic mass is 19.1. The van der Waals surface area contributed by atoms with Crippen molar-refractivity contribution in [2.24, 2.45) is 0 Å². The molecule has 0 aromatic carbocycles. The Morgan fingerprint density at radius 2 is 2.29 bits per heavy atom. The first-order chi connectivity index (χ1) is 3.29. The molecule has 0 heterocycles. The number of carbonyl (C=O) groups is 1. The summed E-state index contributed by atoms with van der Waals surface area (Å²) in [4.78, 5) is 9.52. The van der Waals surface area contributed by atoms with Crippen LogP contribution in [0.2, 0.25) is 0 Å². The number of hydrogen-bond acceptors (Lipinski definition) is 1. The predicted octanol–water partition coefficient (Wildman–Crippen LogP) is 0.828. The Labute approximate surface area is 40.7 Å². The van der Waals surface area contributed by atoms with Crippen LogP contribution in [-0.2, 0) is 0 Å². The van der Waals surface area contributed by atoms with E-state index < -0.39 is 6.16 Å². The number of rotatable bonds is 1. The molecule has 1 N–H and O–H groups in total. The van der Waals surface area contributed by atoms with Crippen molar-refractivity contribution in [1.82, 2.24) is 5.32 Å². The van der Waals surface area contributed by atoms with Crippen molar-refractivity contribution >= 4 is 6.16 Å². The number of nitrogens with one attached hydrogen (secondary N) is 1. The Bertz CT molecular complexity index is 89.7. The number of hydrogen-bond donors (Lipinski definition) is 1. The van der Waals surface area contributed by atoms with E-state index >= 15 is 0 Å². The molecule has 7 heavy (non-hydrogen) atoms. The first kappa shape index (κ1) is 4.56. The van der Waals surface area contributed by atoms with Gasteiger partial charge in [-0.15, -0.1) is 4.39 Å². The van der Waals surface area contributed by atoms with Crippen LogP contribution in [0.3, 0.4) is 0 Å². The summed E-state index contributed by atoms with van der Waals surface area (Å²) >= 11 is 0. The molecule has 1 aliphatic carbocycles. The maximum Gasteiger partial charge on any atom is 0.397 e. The molecule has 0 aliphatic heterocycles. The van der Waals surface area contributed by atoms with Crippen LogP contribution in [-0.4, -0.2) is 12.2 Å². The van der Waals surface area contributed by atoms with Gasteiger partial charge in [0.25, 0.3) is 0 Å². The molecule has 1 aliphatic rings. The highest BCUT2D eigenvalue weighted by molar-refractivity contribution is 5.66. The maximum absolute atomic E-state index is 11.2. The van der Waals surface area contributed by atoms with Crippen molar-refractivity contribution in [3.05, 3.63) is 0 Å². The third kappa shape index (κ3) is 1.52. The molecule has 40 valence electrons. The van der Waals surface area contributed by atoms with Gasteiger partial charge in [-0.05, 0) is 12.8 Å². The first-order valence-corrected chi connectivity index (χ1v) is 2.25. The van der Waals surface area contributed by atoms with Crippen LogP contribution in [0.1, 0.15) is 12.8 Å². The second-order valence-corrected chi connectivity index (χ2v) is 1.69. The van der Waals surface area contributed by atoms with Gasteiger partial charge in [-0.3, -0.25) is 0 Å². The van der Waals surface area contributed by atoms with Gasteiger partial charge in [-0.1, -0.05) is 0 Å². The highest BCUT2D eigenvalue weighted by Crippen LogP contribution is 2.18. The third-order valence-corrected chi connectivity index (χ3v) is 0.895. The summed E-state index contributed by atoms with van der Waals surface area (Å²) in [6.45, 7) is 0. The molecule has 0 atom stereocenters. The first-order valence-electron chi connectivity index (χ1n) is 2.25. The lowest BCUT2D eigenvalue weighted by Gasteiger charge is -1.87. The molecule has 1 saturated carbocycles. The van der Waals surface area contributed by atoms with E-state index in [1.807, 2.05) is 0 Å². The topological polar surface area (TPSA) is 29.1 Å². The van der Waals surface area contributed by atoms with E-state index in [0.717, 1.165) is 12.8 Å². The zero-order valence-electron chi connectivity index (χ0n) is 3.78. The molecule has 0 bridgehead atoms. The summed E-state index contributed by atoms with van der Waals surface area (Å²) in [7, 11) is 0. The fourth-order valence-electron chi connectivity index (χ4n) is 0.388. The van der Waals surface area contributed by atoms with E-state index in [-0.39, 0.29) is 6.04 Å². The normalized spacial score (nSPS) is 19.0. The molecule has 0 aromatic heterocycles. The SMILES string of the molecule is O=C(F)NC1CC1. The maximum atomic E-state index is 11.2. The van der Waals surface area contributed by atoms with Gasteiger partial charge >= 0.3 is 6.16 Å². The van der Waals surface area contributed by atoms with Crippen molar-refractivity contribution in [2.75, 3.05) is 0 Å². The predicted molar refractivity (Wildman–Crippen MR) is 22.7 cm³/mol. The molecular weight excluding hydrogens is 97.0 g/mol. The minimum absolute atomic E-state index is 0.150. The lowest BCUT2D eigenvalue weighted by molar-refractivity contribution is 0.221. The standard InChI is InChI=1S/C4H6FNO/c5-4(7)6-3-1-2-3/h3H,1-2H2,(H,6,7). The minimum Gasteiger partial charge on any atom is -0.325 e. The number of carbonyl (C=O) groups excluding carboxylic acids is 1. The van der Waals surface area contributed by atoms with Crippen molar-refractivity contribution in [1.29, 1.82) is 0 Å². The molecule has 0 unspecified atom stereocenters. The molecule has 1 fully saturated rings. The van der Waals surface area contributed by atoms with Crippen molar-refractivity contribution in [3.63, 3.8) is 0 Å². The molecule has 3 heteroatoms. The van der Waals surface area contributed by atoms with Gasteiger partial charge in [0.05, 0.1) is 0 Å². The second kappa shape index (κ2) is 1.48. The Kier molecular flexibility index (Phi) is 0.964. The summed E-state index contributed by atoms with van der Waals surface area (Å²) < 4.78 is 11.2. The quantitative estimate of drug-likeness (QED) is 0.386. The van der Waals surface area contributed by atoms with E-state index in [1.165, 1.54) is 0 Å². The molecule has 0 spiro atoms. The molecule has 1 amide bonds. The van der Waals surface area contributed by atoms with E-state index in [0.29, 0.717) is 0 Å². The monoisotopic (exact) mass is 103 g/mol. The Morgan fingerprint density at radius 3 is 2.43 bits per heavy atom. The number of amides is 1. The van der Waals surface area contributed by atoms with Gasteiger partial charge in [-0.2, -0.15) is 0 Å². The zero-order chi connectivity index (χ0) is 5.28. The van der Waals surface area contributed by atoms with Gasteiger partial charge in [0, 0.05) is 6.04 Å². The Morgan fingerprint density at radius 1 is 1.71 bits per heavy atom. The molecule has 1 rings (SSSR count). The van der Waals surface area contributed by atoms with Crippen LogP contribution in [0, 0.1) is 0 Å². The van der Waals surface area contributed by atoms with E-state index in [9.17, 15) is 9.18 Å². The summed E-state index contributed by atoms with van der Waals surface area (Å²) in [5, 5.41) is 2.11. The second-order valence-electron chi connectivity index (χ2n) is 1.69. The van der Waals surface area contributed by atoms with Crippen molar-refractivity contribution in [2.45, 2.75) is 18.9 Å². The van der Waals surface area contributed by atoms with Crippen LogP contribution in [0.4, 0.5) is 9.18 Å². The average Bonchev–Trinajstić information content (AvgIpc) is 2.17. The van der Waals surface area contributed by atoms with Gasteiger partial charge in [0.2, 0.25) is 0 Å². The van der Waals surface area contributed by atoms with Gasteiger partial charge < -0.3 is 5.32 Å². The van der Waals surface area contributed by atoms with Gasteiger partial charge in [0.1, 0.15) is 0 Å². The molecule has 2 nitrogen and oxygen atoms in total. The van der Waals surface area contributed by atoms with Crippen LogP contribution in [0.25, 0.3) is 0 Å². The lowest BCUT2D eigenvalue weighted by Crippen LogP contribution is -2.18. The van der Waals surface area contributed by atoms with E-state index in [4.69, 9.17) is 0 Å². The van der Waals surface area contributed by atoms with Crippen molar-refractivity contribution in [3.8, 4) is 0 Å². The summed E-state index contributed by atoms with van der Waals surface area (Å²) in [5.41, 5.74) is 0. The third-order valence-electron chi connectivity index (χ3n) is 0.895. The Hall–Kier alpha value is -0.600. The van der Waals surface area contributed by atoms with Gasteiger partial charge in [0.15, 0.2) is 0 Å². The highest BCUT2D eigenvalue weighted by Gasteiger charge is 2.22. The smallest absolute Gasteiger partial charge is 0.325 e. The summed E-state index contributed by atoms with van der Waals surface area (Å²) in [6, 6.07) is 0.150. The zero-order valence-corrected chi connectivity index (χ0v) is 3.78.